The van der Waals surface area contributed by atoms with Gasteiger partial charge in [-0.1, -0.05) is 48.5 Å². The smallest absolute Gasteiger partial charge is 0.251 e. The summed E-state index contributed by atoms with van der Waals surface area (Å²) in [7, 11) is 0. The van der Waals surface area contributed by atoms with Gasteiger partial charge in [-0.3, -0.25) is 15.2 Å². The zero-order chi connectivity index (χ0) is 24.4. The van der Waals surface area contributed by atoms with Crippen LogP contribution < -0.4 is 20.5 Å². The number of amidine groups is 1. The van der Waals surface area contributed by atoms with E-state index in [2.05, 4.69) is 10.7 Å². The molecule has 7 heteroatoms. The number of benzene rings is 3. The first kappa shape index (κ1) is 22.7. The monoisotopic (exact) mass is 468 g/mol. The lowest BCUT2D eigenvalue weighted by molar-refractivity contribution is 0.0951. The third kappa shape index (κ3) is 5.05. The zero-order valence-corrected chi connectivity index (χ0v) is 19.5. The Morgan fingerprint density at radius 3 is 2.66 bits per heavy atom. The molecule has 0 atom stereocenters. The van der Waals surface area contributed by atoms with Gasteiger partial charge in [-0.2, -0.15) is 0 Å². The lowest BCUT2D eigenvalue weighted by atomic mass is 10.1. The Hall–Kier alpha value is -4.10. The number of carbonyl (C=O) groups excluding carboxylic acids is 1. The molecule has 1 saturated carbocycles. The van der Waals surface area contributed by atoms with Crippen LogP contribution in [-0.4, -0.2) is 29.4 Å². The zero-order valence-electron chi connectivity index (χ0n) is 19.5. The number of aryl methyl sites for hydroxylation is 1. The Morgan fingerprint density at radius 1 is 1.09 bits per heavy atom. The van der Waals surface area contributed by atoms with Gasteiger partial charge < -0.3 is 15.2 Å². The predicted octanol–water partition coefficient (Wildman–Crippen LogP) is 4.74. The highest BCUT2D eigenvalue weighted by Crippen LogP contribution is 2.29. The fourth-order valence-corrected chi connectivity index (χ4v) is 3.99. The van der Waals surface area contributed by atoms with Gasteiger partial charge in [-0.05, 0) is 55.2 Å². The second-order valence-corrected chi connectivity index (χ2v) is 8.90. The third-order valence-corrected chi connectivity index (χ3v) is 6.19. The quantitative estimate of drug-likeness (QED) is 0.376. The summed E-state index contributed by atoms with van der Waals surface area (Å²) in [6, 6.07) is 22.8. The van der Waals surface area contributed by atoms with Crippen molar-refractivity contribution in [2.75, 3.05) is 11.6 Å². The van der Waals surface area contributed by atoms with Crippen LogP contribution in [0.3, 0.4) is 0 Å². The summed E-state index contributed by atoms with van der Waals surface area (Å²) in [5.41, 5.74) is 7.46. The van der Waals surface area contributed by atoms with Gasteiger partial charge in [0.25, 0.3) is 5.91 Å². The van der Waals surface area contributed by atoms with E-state index in [9.17, 15) is 9.90 Å². The first-order chi connectivity index (χ1) is 17.0. The number of aliphatic hydroxyl groups is 1. The molecule has 1 saturated heterocycles. The van der Waals surface area contributed by atoms with Crippen molar-refractivity contribution >= 4 is 23.2 Å². The minimum absolute atomic E-state index is 0.0236. The van der Waals surface area contributed by atoms with Gasteiger partial charge in [0.1, 0.15) is 24.0 Å². The van der Waals surface area contributed by atoms with Crippen molar-refractivity contribution in [3.63, 3.8) is 0 Å². The SMILES string of the molecule is Cc1ccc(C(=O)NC2CC2)cc1N1NCC(=C(O)c2cccc(OCc3ccccc3)c2)C1=N. The Bertz CT molecular complexity index is 1300. The summed E-state index contributed by atoms with van der Waals surface area (Å²) in [6.45, 7) is 2.65. The maximum atomic E-state index is 12.5. The number of hydrogen-bond acceptors (Lipinski definition) is 5. The van der Waals surface area contributed by atoms with Crippen molar-refractivity contribution < 1.29 is 14.6 Å². The van der Waals surface area contributed by atoms with Crippen LogP contribution in [0.15, 0.2) is 78.4 Å². The molecule has 0 spiro atoms. The number of ether oxygens (including phenoxy) is 1. The fourth-order valence-electron chi connectivity index (χ4n) is 3.99. The van der Waals surface area contributed by atoms with Crippen molar-refractivity contribution in [2.45, 2.75) is 32.4 Å². The van der Waals surface area contributed by atoms with E-state index >= 15 is 0 Å². The fraction of sp³-hybridized carbons (Fsp3) is 0.214. The van der Waals surface area contributed by atoms with Gasteiger partial charge >= 0.3 is 0 Å². The highest BCUT2D eigenvalue weighted by atomic mass is 16.5. The Morgan fingerprint density at radius 2 is 1.89 bits per heavy atom. The molecule has 2 aliphatic rings. The van der Waals surface area contributed by atoms with Crippen LogP contribution >= 0.6 is 0 Å². The molecule has 0 unspecified atom stereocenters. The van der Waals surface area contributed by atoms with Crippen molar-refractivity contribution in [1.29, 1.82) is 5.41 Å². The number of carbonyl (C=O) groups is 1. The van der Waals surface area contributed by atoms with Gasteiger partial charge in [0.15, 0.2) is 0 Å². The van der Waals surface area contributed by atoms with Crippen molar-refractivity contribution in [3.05, 3.63) is 101 Å². The summed E-state index contributed by atoms with van der Waals surface area (Å²) < 4.78 is 5.89. The molecule has 0 radical (unpaired) electrons. The second-order valence-electron chi connectivity index (χ2n) is 8.90. The average Bonchev–Trinajstić information content (AvgIpc) is 3.62. The summed E-state index contributed by atoms with van der Waals surface area (Å²) in [5.74, 6) is 0.694. The van der Waals surface area contributed by atoms with Crippen molar-refractivity contribution in [1.82, 2.24) is 10.7 Å². The van der Waals surface area contributed by atoms with Crippen molar-refractivity contribution in [2.24, 2.45) is 0 Å². The Labute approximate surface area is 204 Å². The molecule has 0 bridgehead atoms. The van der Waals surface area contributed by atoms with E-state index < -0.39 is 0 Å². The number of amides is 1. The molecule has 178 valence electrons. The summed E-state index contributed by atoms with van der Waals surface area (Å²) in [4.78, 5) is 12.5. The molecule has 2 fully saturated rings. The first-order valence-corrected chi connectivity index (χ1v) is 11.7. The summed E-state index contributed by atoms with van der Waals surface area (Å²) in [5, 5.41) is 24.4. The molecule has 1 heterocycles. The van der Waals surface area contributed by atoms with Gasteiger partial charge in [0.05, 0.1) is 11.3 Å². The number of anilines is 1. The van der Waals surface area contributed by atoms with Crippen LogP contribution in [0.25, 0.3) is 5.76 Å². The third-order valence-electron chi connectivity index (χ3n) is 6.19. The van der Waals surface area contributed by atoms with Gasteiger partial charge in [-0.25, -0.2) is 5.43 Å². The topological polar surface area (TPSA) is 97.7 Å². The summed E-state index contributed by atoms with van der Waals surface area (Å²) >= 11 is 0. The highest BCUT2D eigenvalue weighted by Gasteiger charge is 2.29. The van der Waals surface area contributed by atoms with Crippen molar-refractivity contribution in [3.8, 4) is 5.75 Å². The van der Waals surface area contributed by atoms with Crippen LogP contribution in [-0.2, 0) is 6.61 Å². The molecule has 0 aromatic heterocycles. The minimum atomic E-state index is -0.106. The number of rotatable bonds is 7. The van der Waals surface area contributed by atoms with E-state index in [4.69, 9.17) is 10.1 Å². The van der Waals surface area contributed by atoms with Gasteiger partial charge in [0.2, 0.25) is 0 Å². The molecule has 1 amide bonds. The molecule has 3 aromatic rings. The van der Waals surface area contributed by atoms with E-state index in [-0.39, 0.29) is 30.1 Å². The van der Waals surface area contributed by atoms with Crippen LogP contribution in [0.4, 0.5) is 5.69 Å². The number of hydrogen-bond donors (Lipinski definition) is 4. The standard InChI is InChI=1S/C28H28N4O3/c1-18-10-11-21(28(34)31-22-12-13-22)15-25(18)32-27(29)24(16-30-32)26(33)20-8-5-9-23(14-20)35-17-19-6-3-2-4-7-19/h2-11,14-15,22,29-30,33H,12-13,16-17H2,1H3,(H,31,34). The maximum absolute atomic E-state index is 12.5. The molecule has 1 aliphatic heterocycles. The Balaban J connectivity index is 1.34. The van der Waals surface area contributed by atoms with Crippen LogP contribution in [0.2, 0.25) is 0 Å². The highest BCUT2D eigenvalue weighted by molar-refractivity contribution is 6.13. The lowest BCUT2D eigenvalue weighted by Crippen LogP contribution is -2.35. The number of nitrogens with zero attached hydrogens (tertiary/aromatic N) is 1. The number of nitrogens with one attached hydrogen (secondary N) is 3. The van der Waals surface area contributed by atoms with Crippen LogP contribution in [0.5, 0.6) is 5.75 Å². The second kappa shape index (κ2) is 9.64. The molecule has 7 nitrogen and oxygen atoms in total. The molecular weight excluding hydrogens is 440 g/mol. The normalized spacial score (nSPS) is 16.8. The maximum Gasteiger partial charge on any atom is 0.251 e. The van der Waals surface area contributed by atoms with Crippen LogP contribution in [0, 0.1) is 12.3 Å². The molecule has 35 heavy (non-hydrogen) atoms. The van der Waals surface area contributed by atoms with E-state index in [0.29, 0.717) is 34.7 Å². The lowest BCUT2D eigenvalue weighted by Gasteiger charge is -2.21. The van der Waals surface area contributed by atoms with Gasteiger partial charge in [-0.15, -0.1) is 0 Å². The number of aliphatic hydroxyl groups excluding tert-OH is 1. The largest absolute Gasteiger partial charge is 0.507 e. The predicted molar refractivity (Wildman–Crippen MR) is 137 cm³/mol. The summed E-state index contributed by atoms with van der Waals surface area (Å²) in [6.07, 6.45) is 2.05. The van der Waals surface area contributed by atoms with Crippen LogP contribution in [0.1, 0.15) is 39.9 Å². The Kier molecular flexibility index (Phi) is 6.25. The molecular formula is C28H28N4O3. The van der Waals surface area contributed by atoms with E-state index in [1.807, 2.05) is 55.5 Å². The van der Waals surface area contributed by atoms with E-state index in [1.54, 1.807) is 29.3 Å². The molecule has 3 aromatic carbocycles. The molecule has 1 aliphatic carbocycles. The van der Waals surface area contributed by atoms with E-state index in [1.165, 1.54) is 0 Å². The number of hydrazine groups is 1. The minimum Gasteiger partial charge on any atom is -0.507 e. The average molecular weight is 469 g/mol. The first-order valence-electron chi connectivity index (χ1n) is 11.7. The molecule has 5 rings (SSSR count). The van der Waals surface area contributed by atoms with E-state index in [0.717, 1.165) is 24.0 Å². The molecule has 4 N–H and O–H groups in total. The van der Waals surface area contributed by atoms with Gasteiger partial charge in [0, 0.05) is 23.7 Å².